The fourth-order valence-electron chi connectivity index (χ4n) is 4.30. The maximum absolute atomic E-state index is 13.3. The van der Waals surface area contributed by atoms with Crippen LogP contribution in [-0.4, -0.2) is 53.3 Å². The van der Waals surface area contributed by atoms with E-state index >= 15 is 0 Å². The summed E-state index contributed by atoms with van der Waals surface area (Å²) in [5, 5.41) is 6.17. The van der Waals surface area contributed by atoms with Crippen molar-refractivity contribution < 1.29 is 28.7 Å². The van der Waals surface area contributed by atoms with Gasteiger partial charge in [0.05, 0.1) is 12.5 Å². The van der Waals surface area contributed by atoms with Gasteiger partial charge in [-0.15, -0.1) is 0 Å². The van der Waals surface area contributed by atoms with Gasteiger partial charge in [0, 0.05) is 11.5 Å². The molecule has 0 unspecified atom stereocenters. The molecule has 3 aromatic rings. The van der Waals surface area contributed by atoms with Gasteiger partial charge >= 0.3 is 11.9 Å². The van der Waals surface area contributed by atoms with E-state index in [1.165, 1.54) is 0 Å². The molecule has 2 amide bonds. The lowest BCUT2D eigenvalue weighted by Gasteiger charge is -2.48. The Morgan fingerprint density at radius 3 is 1.77 bits per heavy atom. The van der Waals surface area contributed by atoms with Gasteiger partial charge in [0.25, 0.3) is 0 Å². The summed E-state index contributed by atoms with van der Waals surface area (Å²) in [4.78, 5) is 56.1. The number of amides is 2. The molecule has 1 heterocycles. The number of β-lactam (4-membered cyclic amide) rings is 1. The molecular weight excluding hydrogens is 514 g/mol. The van der Waals surface area contributed by atoms with E-state index in [4.69, 9.17) is 15.0 Å². The molecule has 1 fully saturated rings. The number of azide groups is 1. The summed E-state index contributed by atoms with van der Waals surface area (Å²) in [6.45, 7) is -0.558. The van der Waals surface area contributed by atoms with Crippen LogP contribution in [0.25, 0.3) is 10.4 Å². The van der Waals surface area contributed by atoms with Crippen LogP contribution in [0.5, 0.6) is 0 Å². The van der Waals surface area contributed by atoms with Gasteiger partial charge in [0.2, 0.25) is 17.9 Å². The van der Waals surface area contributed by atoms with Crippen LogP contribution >= 0.6 is 0 Å². The molecule has 0 spiro atoms. The molecule has 11 nitrogen and oxygen atoms in total. The van der Waals surface area contributed by atoms with E-state index in [-0.39, 0.29) is 26.2 Å². The number of hydrogen-bond acceptors (Lipinski definition) is 7. The zero-order valence-corrected chi connectivity index (χ0v) is 21.5. The summed E-state index contributed by atoms with van der Waals surface area (Å²) in [6.07, 6.45) is 0.0144. The van der Waals surface area contributed by atoms with Crippen molar-refractivity contribution >= 4 is 23.8 Å². The first-order chi connectivity index (χ1) is 19.5. The molecule has 0 aliphatic carbocycles. The Morgan fingerprint density at radius 1 is 0.825 bits per heavy atom. The third-order valence-electron chi connectivity index (χ3n) is 6.29. The van der Waals surface area contributed by atoms with E-state index in [1.807, 2.05) is 6.07 Å². The SMILES string of the molecule is [N-]=[N+]=NC[C@@H]1[C@H](NC(=O)Cc2ccccc2)C(=O)N1C(C(=O)OCc1ccccc1)C(=O)OCc1ccccc1. The Morgan fingerprint density at radius 2 is 1.30 bits per heavy atom. The third-order valence-corrected chi connectivity index (χ3v) is 6.29. The highest BCUT2D eigenvalue weighted by Crippen LogP contribution is 2.26. The lowest BCUT2D eigenvalue weighted by atomic mass is 9.91. The van der Waals surface area contributed by atoms with Crippen LogP contribution in [-0.2, 0) is 48.3 Å². The van der Waals surface area contributed by atoms with Crippen LogP contribution in [0.15, 0.2) is 96.1 Å². The van der Waals surface area contributed by atoms with Crippen LogP contribution in [0.1, 0.15) is 16.7 Å². The number of rotatable bonds is 12. The Hall–Kier alpha value is -5.15. The molecular formula is C29H27N5O6. The number of benzene rings is 3. The fraction of sp³-hybridized carbons (Fsp3) is 0.241. The summed E-state index contributed by atoms with van der Waals surface area (Å²) in [6, 6.07) is 22.8. The summed E-state index contributed by atoms with van der Waals surface area (Å²) >= 11 is 0. The maximum atomic E-state index is 13.3. The van der Waals surface area contributed by atoms with E-state index in [0.29, 0.717) is 11.1 Å². The van der Waals surface area contributed by atoms with Crippen molar-refractivity contribution in [1.82, 2.24) is 10.2 Å². The van der Waals surface area contributed by atoms with E-state index < -0.39 is 41.9 Å². The molecule has 11 heteroatoms. The lowest BCUT2D eigenvalue weighted by Crippen LogP contribution is -2.76. The van der Waals surface area contributed by atoms with Crippen LogP contribution in [0.2, 0.25) is 0 Å². The minimum absolute atomic E-state index is 0.0144. The maximum Gasteiger partial charge on any atom is 0.341 e. The van der Waals surface area contributed by atoms with Crippen LogP contribution in [0.4, 0.5) is 0 Å². The fourth-order valence-corrected chi connectivity index (χ4v) is 4.30. The number of esters is 2. The molecule has 40 heavy (non-hydrogen) atoms. The average Bonchev–Trinajstić information content (AvgIpc) is 2.99. The van der Waals surface area contributed by atoms with Crippen molar-refractivity contribution in [2.24, 2.45) is 5.11 Å². The second-order valence-corrected chi connectivity index (χ2v) is 9.02. The van der Waals surface area contributed by atoms with Crippen LogP contribution in [0, 0.1) is 0 Å². The zero-order chi connectivity index (χ0) is 28.3. The van der Waals surface area contributed by atoms with Crippen molar-refractivity contribution in [1.29, 1.82) is 0 Å². The molecule has 0 aromatic heterocycles. The number of carbonyl (C=O) groups excluding carboxylic acids is 4. The number of nitrogens with zero attached hydrogens (tertiary/aromatic N) is 4. The first-order valence-electron chi connectivity index (χ1n) is 12.6. The van der Waals surface area contributed by atoms with Crippen molar-refractivity contribution in [2.45, 2.75) is 37.8 Å². The van der Waals surface area contributed by atoms with Gasteiger partial charge in [-0.25, -0.2) is 9.59 Å². The van der Waals surface area contributed by atoms with E-state index in [2.05, 4.69) is 15.3 Å². The number of likely N-dealkylation sites (tertiary alicyclic amines) is 1. The Kier molecular flexibility index (Phi) is 9.47. The second kappa shape index (κ2) is 13.6. The van der Waals surface area contributed by atoms with E-state index in [1.54, 1.807) is 84.9 Å². The van der Waals surface area contributed by atoms with Gasteiger partial charge in [0.15, 0.2) is 0 Å². The van der Waals surface area contributed by atoms with Crippen molar-refractivity contribution in [3.63, 3.8) is 0 Å². The largest absolute Gasteiger partial charge is 0.459 e. The first-order valence-corrected chi connectivity index (χ1v) is 12.6. The smallest absolute Gasteiger partial charge is 0.341 e. The highest BCUT2D eigenvalue weighted by atomic mass is 16.6. The lowest BCUT2D eigenvalue weighted by molar-refractivity contribution is -0.180. The standard InChI is InChI=1S/C29H27N5O6/c30-33-31-17-23-25(32-24(35)16-20-10-4-1-5-11-20)27(36)34(23)26(28(37)39-18-21-12-6-2-7-13-21)29(38)40-19-22-14-8-3-9-15-22/h1-15,23,25-26H,16-19H2,(H,32,35)/t23-,25+/m1/s1. The molecule has 1 aliphatic heterocycles. The normalized spacial score (nSPS) is 15.9. The monoisotopic (exact) mass is 541 g/mol. The quantitative estimate of drug-likeness (QED) is 0.0929. The zero-order valence-electron chi connectivity index (χ0n) is 21.5. The van der Waals surface area contributed by atoms with Gasteiger partial charge in [-0.05, 0) is 22.2 Å². The van der Waals surface area contributed by atoms with Gasteiger partial charge in [-0.3, -0.25) is 9.59 Å². The number of ether oxygens (including phenoxy) is 2. The molecule has 2 atom stereocenters. The molecule has 3 aromatic carbocycles. The summed E-state index contributed by atoms with van der Waals surface area (Å²) in [5.74, 6) is -3.15. The molecule has 1 N–H and O–H groups in total. The number of nitrogens with one attached hydrogen (secondary N) is 1. The predicted octanol–water partition coefficient (Wildman–Crippen LogP) is 3.09. The van der Waals surface area contributed by atoms with Crippen molar-refractivity contribution in [2.75, 3.05) is 6.54 Å². The van der Waals surface area contributed by atoms with E-state index in [0.717, 1.165) is 10.5 Å². The van der Waals surface area contributed by atoms with Crippen LogP contribution < -0.4 is 5.32 Å². The minimum atomic E-state index is -1.76. The molecule has 1 aliphatic rings. The number of hydrogen-bond donors (Lipinski definition) is 1. The second-order valence-electron chi connectivity index (χ2n) is 9.02. The van der Waals surface area contributed by atoms with Gasteiger partial charge in [-0.2, -0.15) is 0 Å². The summed E-state index contributed by atoms with van der Waals surface area (Å²) in [7, 11) is 0. The molecule has 0 saturated carbocycles. The molecule has 1 saturated heterocycles. The molecule has 4 rings (SSSR count). The Balaban J connectivity index is 1.52. The van der Waals surface area contributed by atoms with E-state index in [9.17, 15) is 19.2 Å². The number of carbonyl (C=O) groups is 4. The van der Waals surface area contributed by atoms with Crippen molar-refractivity contribution in [3.8, 4) is 0 Å². The Labute approximate surface area is 230 Å². The average molecular weight is 542 g/mol. The summed E-state index contributed by atoms with van der Waals surface area (Å²) in [5.41, 5.74) is 11.0. The highest BCUT2D eigenvalue weighted by molar-refractivity contribution is 6.06. The van der Waals surface area contributed by atoms with Gasteiger partial charge < -0.3 is 19.7 Å². The predicted molar refractivity (Wildman–Crippen MR) is 143 cm³/mol. The first kappa shape index (κ1) is 27.9. The van der Waals surface area contributed by atoms with Crippen molar-refractivity contribution in [3.05, 3.63) is 118 Å². The molecule has 0 bridgehead atoms. The Bertz CT molecular complexity index is 1320. The van der Waals surface area contributed by atoms with Crippen LogP contribution in [0.3, 0.4) is 0 Å². The molecule has 0 radical (unpaired) electrons. The third kappa shape index (κ3) is 7.03. The van der Waals surface area contributed by atoms with Gasteiger partial charge in [-0.1, -0.05) is 96.1 Å². The minimum Gasteiger partial charge on any atom is -0.459 e. The molecule has 204 valence electrons. The highest BCUT2D eigenvalue weighted by Gasteiger charge is 2.55. The van der Waals surface area contributed by atoms with Gasteiger partial charge in [0.1, 0.15) is 19.3 Å². The summed E-state index contributed by atoms with van der Waals surface area (Å²) < 4.78 is 10.8. The topological polar surface area (TPSA) is 151 Å².